The highest BCUT2D eigenvalue weighted by atomic mass is 35.5. The summed E-state index contributed by atoms with van der Waals surface area (Å²) < 4.78 is 4.73. The summed E-state index contributed by atoms with van der Waals surface area (Å²) in [5, 5.41) is 8.74. The number of anilines is 1. The quantitative estimate of drug-likeness (QED) is 0.623. The number of rotatable bonds is 3. The summed E-state index contributed by atoms with van der Waals surface area (Å²) in [6.45, 7) is 1.90. The van der Waals surface area contributed by atoms with Gasteiger partial charge in [0.05, 0.1) is 17.7 Å². The number of carbonyl (C=O) groups excluding carboxylic acids is 1. The minimum absolute atomic E-state index is 0. The van der Waals surface area contributed by atoms with Crippen molar-refractivity contribution in [3.8, 4) is 0 Å². The van der Waals surface area contributed by atoms with Crippen LogP contribution in [0.2, 0.25) is 0 Å². The monoisotopic (exact) mass is 245 g/mol. The normalized spacial score (nSPS) is 9.06. The smallest absolute Gasteiger partial charge is 0.338 e. The number of esters is 1. The van der Waals surface area contributed by atoms with Crippen molar-refractivity contribution in [3.05, 3.63) is 29.3 Å². The zero-order chi connectivity index (χ0) is 11.4. The van der Waals surface area contributed by atoms with Gasteiger partial charge in [-0.25, -0.2) is 9.59 Å². The number of benzene rings is 1. The van der Waals surface area contributed by atoms with E-state index in [4.69, 9.17) is 15.6 Å². The maximum atomic E-state index is 11.3. The van der Waals surface area contributed by atoms with Gasteiger partial charge in [0.15, 0.2) is 0 Å². The van der Waals surface area contributed by atoms with Gasteiger partial charge >= 0.3 is 11.9 Å². The van der Waals surface area contributed by atoms with Crippen molar-refractivity contribution in [2.75, 3.05) is 12.3 Å². The van der Waals surface area contributed by atoms with Crippen molar-refractivity contribution in [3.63, 3.8) is 0 Å². The van der Waals surface area contributed by atoms with Crippen LogP contribution in [0.15, 0.2) is 18.2 Å². The molecule has 0 saturated heterocycles. The molecule has 0 aromatic heterocycles. The molecule has 0 saturated carbocycles. The first-order chi connectivity index (χ1) is 7.04. The third-order valence-corrected chi connectivity index (χ3v) is 1.71. The molecule has 88 valence electrons. The van der Waals surface area contributed by atoms with Gasteiger partial charge in [-0.05, 0) is 25.1 Å². The van der Waals surface area contributed by atoms with Crippen LogP contribution >= 0.6 is 12.4 Å². The molecule has 16 heavy (non-hydrogen) atoms. The van der Waals surface area contributed by atoms with E-state index in [0.29, 0.717) is 0 Å². The second-order valence-electron chi connectivity index (χ2n) is 2.87. The number of hydrogen-bond donors (Lipinski definition) is 2. The molecule has 5 nitrogen and oxygen atoms in total. The molecule has 0 aliphatic rings. The first kappa shape index (κ1) is 14.2. The highest BCUT2D eigenvalue weighted by Gasteiger charge is 2.11. The average molecular weight is 246 g/mol. The number of nitrogen functional groups attached to an aromatic ring is 1. The van der Waals surface area contributed by atoms with E-state index in [2.05, 4.69) is 0 Å². The summed E-state index contributed by atoms with van der Waals surface area (Å²) in [7, 11) is 0. The lowest BCUT2D eigenvalue weighted by Crippen LogP contribution is -2.08. The van der Waals surface area contributed by atoms with Crippen LogP contribution < -0.4 is 5.73 Å². The number of carboxylic acid groups (broad SMARTS) is 1. The van der Waals surface area contributed by atoms with Gasteiger partial charge in [0, 0.05) is 5.69 Å². The van der Waals surface area contributed by atoms with Crippen molar-refractivity contribution >= 4 is 30.0 Å². The summed E-state index contributed by atoms with van der Waals surface area (Å²) in [5.74, 6) is -1.71. The van der Waals surface area contributed by atoms with E-state index in [-0.39, 0.29) is 35.8 Å². The van der Waals surface area contributed by atoms with E-state index in [9.17, 15) is 9.59 Å². The van der Waals surface area contributed by atoms with E-state index in [0.717, 1.165) is 0 Å². The van der Waals surface area contributed by atoms with Crippen molar-refractivity contribution in [2.24, 2.45) is 0 Å². The molecule has 0 amide bonds. The molecule has 0 bridgehead atoms. The Morgan fingerprint density at radius 1 is 1.31 bits per heavy atom. The molecule has 0 atom stereocenters. The Kier molecular flexibility index (Phi) is 5.32. The predicted octanol–water partition coefficient (Wildman–Crippen LogP) is 1.57. The van der Waals surface area contributed by atoms with Crippen LogP contribution in [-0.4, -0.2) is 23.7 Å². The lowest BCUT2D eigenvalue weighted by atomic mass is 10.1. The Hall–Kier alpha value is -1.75. The van der Waals surface area contributed by atoms with Gasteiger partial charge in [-0.2, -0.15) is 0 Å². The van der Waals surface area contributed by atoms with Gasteiger partial charge in [0.1, 0.15) is 0 Å². The standard InChI is InChI=1S/C10H11NO4.ClH/c1-2-15-10(14)7-3-6(9(12)13)4-8(11)5-7;/h3-5H,2,11H2,1H3,(H,12,13);1H. The van der Waals surface area contributed by atoms with Crippen molar-refractivity contribution < 1.29 is 19.4 Å². The molecule has 0 spiro atoms. The number of carbonyl (C=O) groups is 2. The molecule has 1 rings (SSSR count). The molecule has 0 aliphatic heterocycles. The van der Waals surface area contributed by atoms with Gasteiger partial charge < -0.3 is 15.6 Å². The van der Waals surface area contributed by atoms with E-state index in [1.165, 1.54) is 18.2 Å². The fourth-order valence-electron chi connectivity index (χ4n) is 1.11. The lowest BCUT2D eigenvalue weighted by molar-refractivity contribution is 0.0526. The maximum absolute atomic E-state index is 11.3. The molecule has 0 unspecified atom stereocenters. The fraction of sp³-hybridized carbons (Fsp3) is 0.200. The molecule has 1 aromatic carbocycles. The zero-order valence-electron chi connectivity index (χ0n) is 8.60. The number of carboxylic acids is 1. The van der Waals surface area contributed by atoms with Crippen molar-refractivity contribution in [2.45, 2.75) is 6.92 Å². The molecular weight excluding hydrogens is 234 g/mol. The Labute approximate surface area is 98.6 Å². The van der Waals surface area contributed by atoms with Gasteiger partial charge in [-0.1, -0.05) is 0 Å². The van der Waals surface area contributed by atoms with E-state index in [1.807, 2.05) is 0 Å². The van der Waals surface area contributed by atoms with Crippen LogP contribution in [0.25, 0.3) is 0 Å². The van der Waals surface area contributed by atoms with Crippen LogP contribution in [0, 0.1) is 0 Å². The summed E-state index contributed by atoms with van der Waals surface area (Å²) >= 11 is 0. The van der Waals surface area contributed by atoms with E-state index >= 15 is 0 Å². The van der Waals surface area contributed by atoms with Gasteiger partial charge in [-0.3, -0.25) is 0 Å². The van der Waals surface area contributed by atoms with E-state index < -0.39 is 11.9 Å². The summed E-state index contributed by atoms with van der Waals surface area (Å²) in [5.41, 5.74) is 5.80. The lowest BCUT2D eigenvalue weighted by Gasteiger charge is -2.04. The molecular formula is C10H12ClNO4. The summed E-state index contributed by atoms with van der Waals surface area (Å²) in [6, 6.07) is 3.90. The first-order valence-electron chi connectivity index (χ1n) is 4.35. The highest BCUT2D eigenvalue weighted by molar-refractivity contribution is 5.96. The van der Waals surface area contributed by atoms with E-state index in [1.54, 1.807) is 6.92 Å². The van der Waals surface area contributed by atoms with Gasteiger partial charge in [-0.15, -0.1) is 12.4 Å². The Morgan fingerprint density at radius 2 is 1.88 bits per heavy atom. The molecule has 0 heterocycles. The van der Waals surface area contributed by atoms with Crippen molar-refractivity contribution in [1.29, 1.82) is 0 Å². The average Bonchev–Trinajstić information content (AvgIpc) is 2.17. The highest BCUT2D eigenvalue weighted by Crippen LogP contribution is 2.13. The number of ether oxygens (including phenoxy) is 1. The van der Waals surface area contributed by atoms with Crippen LogP contribution in [0.1, 0.15) is 27.6 Å². The summed E-state index contributed by atoms with van der Waals surface area (Å²) in [6.07, 6.45) is 0. The van der Waals surface area contributed by atoms with Gasteiger partial charge in [0.25, 0.3) is 0 Å². The molecule has 0 radical (unpaired) electrons. The second kappa shape index (κ2) is 5.97. The van der Waals surface area contributed by atoms with Crippen molar-refractivity contribution in [1.82, 2.24) is 0 Å². The van der Waals surface area contributed by atoms with Crippen LogP contribution in [0.3, 0.4) is 0 Å². The number of aromatic carboxylic acids is 1. The Balaban J connectivity index is 0.00000225. The molecule has 3 N–H and O–H groups in total. The van der Waals surface area contributed by atoms with Crippen LogP contribution in [0.5, 0.6) is 0 Å². The first-order valence-corrected chi connectivity index (χ1v) is 4.35. The third kappa shape index (κ3) is 3.43. The molecule has 0 aliphatic carbocycles. The minimum Gasteiger partial charge on any atom is -0.478 e. The number of hydrogen-bond acceptors (Lipinski definition) is 4. The molecule has 1 aromatic rings. The largest absolute Gasteiger partial charge is 0.478 e. The Morgan fingerprint density at radius 3 is 2.38 bits per heavy atom. The zero-order valence-corrected chi connectivity index (χ0v) is 9.41. The molecule has 6 heteroatoms. The third-order valence-electron chi connectivity index (χ3n) is 1.71. The van der Waals surface area contributed by atoms with Gasteiger partial charge in [0.2, 0.25) is 0 Å². The molecule has 0 fully saturated rings. The SMILES string of the molecule is CCOC(=O)c1cc(N)cc(C(=O)O)c1.Cl. The number of halogens is 1. The summed E-state index contributed by atoms with van der Waals surface area (Å²) in [4.78, 5) is 22.0. The van der Waals surface area contributed by atoms with Crippen LogP contribution in [0.4, 0.5) is 5.69 Å². The minimum atomic E-state index is -1.13. The predicted molar refractivity (Wildman–Crippen MR) is 61.0 cm³/mol. The topological polar surface area (TPSA) is 89.6 Å². The second-order valence-corrected chi connectivity index (χ2v) is 2.87. The Bertz CT molecular complexity index is 406. The number of nitrogens with two attached hydrogens (primary N) is 1. The van der Waals surface area contributed by atoms with Crippen LogP contribution in [-0.2, 0) is 4.74 Å². The fourth-order valence-corrected chi connectivity index (χ4v) is 1.11. The maximum Gasteiger partial charge on any atom is 0.338 e.